The second-order valence-corrected chi connectivity index (χ2v) is 7.37. The van der Waals surface area contributed by atoms with Crippen LogP contribution in [0.3, 0.4) is 0 Å². The highest BCUT2D eigenvalue weighted by Gasteiger charge is 2.34. The average molecular weight is 453 g/mol. The van der Waals surface area contributed by atoms with Gasteiger partial charge < -0.3 is 10.2 Å². The number of anilines is 1. The van der Waals surface area contributed by atoms with Crippen molar-refractivity contribution in [2.75, 3.05) is 5.32 Å². The van der Waals surface area contributed by atoms with Crippen LogP contribution in [0.15, 0.2) is 72.8 Å². The molecule has 0 saturated heterocycles. The lowest BCUT2D eigenvalue weighted by Gasteiger charge is -2.27. The third kappa shape index (κ3) is 5.70. The molecule has 0 bridgehead atoms. The zero-order chi connectivity index (χ0) is 21.7. The Morgan fingerprint density at radius 1 is 0.933 bits per heavy atom. The fraction of sp³-hybridized carbons (Fsp3) is 0.136. The molecule has 0 aromatic heterocycles. The maximum Gasteiger partial charge on any atom is 0.418 e. The van der Waals surface area contributed by atoms with Gasteiger partial charge in [-0.2, -0.15) is 13.2 Å². The quantitative estimate of drug-likeness (QED) is 0.335. The van der Waals surface area contributed by atoms with Crippen LogP contribution >= 0.6 is 23.8 Å². The van der Waals surface area contributed by atoms with Gasteiger partial charge in [-0.3, -0.25) is 0 Å². The van der Waals surface area contributed by atoms with Crippen LogP contribution in [0.4, 0.5) is 23.2 Å². The molecule has 0 unspecified atom stereocenters. The van der Waals surface area contributed by atoms with Crippen molar-refractivity contribution < 1.29 is 17.6 Å². The molecule has 3 aromatic rings. The summed E-state index contributed by atoms with van der Waals surface area (Å²) >= 11 is 11.3. The fourth-order valence-electron chi connectivity index (χ4n) is 2.90. The Morgan fingerprint density at radius 3 is 2.27 bits per heavy atom. The van der Waals surface area contributed by atoms with E-state index in [2.05, 4.69) is 5.32 Å². The lowest BCUT2D eigenvalue weighted by molar-refractivity contribution is -0.136. The summed E-state index contributed by atoms with van der Waals surface area (Å²) in [5.74, 6) is -0.419. The predicted octanol–water partition coefficient (Wildman–Crippen LogP) is 6.90. The SMILES string of the molecule is Fc1ccccc1CN(Cc1ccccc1)C(=S)Nc1cc(Cl)ccc1C(F)(F)F. The van der Waals surface area contributed by atoms with Crippen LogP contribution in [0.25, 0.3) is 0 Å². The fourth-order valence-corrected chi connectivity index (χ4v) is 3.31. The third-order valence-electron chi connectivity index (χ3n) is 4.35. The highest BCUT2D eigenvalue weighted by atomic mass is 35.5. The number of halogens is 5. The van der Waals surface area contributed by atoms with Crippen LogP contribution in [-0.4, -0.2) is 10.0 Å². The highest BCUT2D eigenvalue weighted by molar-refractivity contribution is 7.80. The van der Waals surface area contributed by atoms with Crippen molar-refractivity contribution in [3.05, 3.63) is 100 Å². The van der Waals surface area contributed by atoms with E-state index in [0.717, 1.165) is 11.6 Å². The average Bonchev–Trinajstić information content (AvgIpc) is 2.69. The molecule has 2 nitrogen and oxygen atoms in total. The van der Waals surface area contributed by atoms with Crippen molar-refractivity contribution in [1.29, 1.82) is 0 Å². The topological polar surface area (TPSA) is 15.3 Å². The molecule has 0 fully saturated rings. The summed E-state index contributed by atoms with van der Waals surface area (Å²) in [6, 6.07) is 18.7. The molecule has 0 saturated carbocycles. The first-order chi connectivity index (χ1) is 14.2. The van der Waals surface area contributed by atoms with Gasteiger partial charge in [-0.05, 0) is 42.0 Å². The Balaban J connectivity index is 1.91. The molecule has 0 heterocycles. The number of hydrogen-bond donors (Lipinski definition) is 1. The first-order valence-electron chi connectivity index (χ1n) is 8.94. The van der Waals surface area contributed by atoms with Crippen LogP contribution in [0, 0.1) is 5.82 Å². The summed E-state index contributed by atoms with van der Waals surface area (Å²) < 4.78 is 54.4. The number of alkyl halides is 3. The van der Waals surface area contributed by atoms with E-state index >= 15 is 0 Å². The van der Waals surface area contributed by atoms with Gasteiger partial charge in [-0.1, -0.05) is 60.1 Å². The molecule has 0 radical (unpaired) electrons. The van der Waals surface area contributed by atoms with Crippen molar-refractivity contribution in [1.82, 2.24) is 4.90 Å². The lowest BCUT2D eigenvalue weighted by atomic mass is 10.1. The third-order valence-corrected chi connectivity index (χ3v) is 4.95. The number of nitrogens with one attached hydrogen (secondary N) is 1. The van der Waals surface area contributed by atoms with Crippen LogP contribution in [-0.2, 0) is 19.3 Å². The van der Waals surface area contributed by atoms with Crippen LogP contribution < -0.4 is 5.32 Å². The van der Waals surface area contributed by atoms with E-state index < -0.39 is 17.6 Å². The Kier molecular flexibility index (Phi) is 6.95. The molecule has 0 aliphatic heterocycles. The van der Waals surface area contributed by atoms with Crippen molar-refractivity contribution >= 4 is 34.6 Å². The maximum atomic E-state index is 14.2. The molecular weight excluding hydrogens is 436 g/mol. The molecule has 0 atom stereocenters. The summed E-state index contributed by atoms with van der Waals surface area (Å²) in [6.45, 7) is 0.359. The van der Waals surface area contributed by atoms with Gasteiger partial charge in [-0.15, -0.1) is 0 Å². The first-order valence-corrected chi connectivity index (χ1v) is 9.72. The molecule has 0 amide bonds. The first kappa shape index (κ1) is 22.1. The van der Waals surface area contributed by atoms with Crippen molar-refractivity contribution in [3.63, 3.8) is 0 Å². The summed E-state index contributed by atoms with van der Waals surface area (Å²) in [5.41, 5.74) is 0.103. The van der Waals surface area contributed by atoms with Gasteiger partial charge in [0.15, 0.2) is 5.11 Å². The second kappa shape index (κ2) is 9.45. The Morgan fingerprint density at radius 2 is 1.60 bits per heavy atom. The Labute approximate surface area is 182 Å². The van der Waals surface area contributed by atoms with Crippen molar-refractivity contribution in [2.45, 2.75) is 19.3 Å². The Hall–Kier alpha value is -2.64. The van der Waals surface area contributed by atoms with Gasteiger partial charge in [0.2, 0.25) is 0 Å². The number of nitrogens with zero attached hydrogens (tertiary/aromatic N) is 1. The van der Waals surface area contributed by atoms with Gasteiger partial charge in [0.1, 0.15) is 5.82 Å². The van der Waals surface area contributed by atoms with E-state index in [1.807, 2.05) is 30.3 Å². The van der Waals surface area contributed by atoms with Crippen molar-refractivity contribution in [2.24, 2.45) is 0 Å². The van der Waals surface area contributed by atoms with E-state index in [-0.39, 0.29) is 28.9 Å². The molecule has 0 spiro atoms. The molecule has 8 heteroatoms. The molecule has 3 aromatic carbocycles. The largest absolute Gasteiger partial charge is 0.418 e. The van der Waals surface area contributed by atoms with Crippen LogP contribution in [0.5, 0.6) is 0 Å². The van der Waals surface area contributed by atoms with Crippen LogP contribution in [0.1, 0.15) is 16.7 Å². The second-order valence-electron chi connectivity index (χ2n) is 6.55. The highest BCUT2D eigenvalue weighted by Crippen LogP contribution is 2.36. The molecular formula is C22H17ClF4N2S. The molecule has 0 aliphatic carbocycles. The molecule has 30 heavy (non-hydrogen) atoms. The van der Waals surface area contributed by atoms with Gasteiger partial charge in [0, 0.05) is 23.7 Å². The van der Waals surface area contributed by atoms with E-state index in [9.17, 15) is 17.6 Å². The zero-order valence-corrected chi connectivity index (χ0v) is 17.2. The van der Waals surface area contributed by atoms with Gasteiger partial charge in [0.25, 0.3) is 0 Å². The minimum absolute atomic E-state index is 0.0230. The van der Waals surface area contributed by atoms with E-state index in [4.69, 9.17) is 23.8 Å². The smallest absolute Gasteiger partial charge is 0.340 e. The monoisotopic (exact) mass is 452 g/mol. The summed E-state index contributed by atoms with van der Waals surface area (Å²) in [5, 5.41) is 2.81. The maximum absolute atomic E-state index is 14.2. The number of hydrogen-bond acceptors (Lipinski definition) is 1. The van der Waals surface area contributed by atoms with Gasteiger partial charge >= 0.3 is 6.18 Å². The van der Waals surface area contributed by atoms with E-state index in [0.29, 0.717) is 5.56 Å². The summed E-state index contributed by atoms with van der Waals surface area (Å²) in [6.07, 6.45) is -4.58. The number of thiocarbonyl (C=S) groups is 1. The van der Waals surface area contributed by atoms with Crippen LogP contribution in [0.2, 0.25) is 5.02 Å². The van der Waals surface area contributed by atoms with Gasteiger partial charge in [0.05, 0.1) is 11.3 Å². The minimum atomic E-state index is -4.58. The number of rotatable bonds is 5. The molecule has 156 valence electrons. The zero-order valence-electron chi connectivity index (χ0n) is 15.6. The molecule has 3 rings (SSSR count). The Bertz CT molecular complexity index is 1030. The minimum Gasteiger partial charge on any atom is -0.340 e. The standard InChI is InChI=1S/C22H17ClF4N2S/c23-17-10-11-18(22(25,26)27)20(12-17)28-21(30)29(13-15-6-2-1-3-7-15)14-16-8-4-5-9-19(16)24/h1-12H,13-14H2,(H,28,30). The molecule has 0 aliphatic rings. The lowest BCUT2D eigenvalue weighted by Crippen LogP contribution is -2.34. The number of benzene rings is 3. The summed E-state index contributed by atoms with van der Waals surface area (Å²) in [7, 11) is 0. The molecule has 1 N–H and O–H groups in total. The van der Waals surface area contributed by atoms with Gasteiger partial charge in [-0.25, -0.2) is 4.39 Å². The normalized spacial score (nSPS) is 11.2. The van der Waals surface area contributed by atoms with Crippen molar-refractivity contribution in [3.8, 4) is 0 Å². The summed E-state index contributed by atoms with van der Waals surface area (Å²) in [4.78, 5) is 1.60. The van der Waals surface area contributed by atoms with E-state index in [1.54, 1.807) is 23.1 Å². The predicted molar refractivity (Wildman–Crippen MR) is 115 cm³/mol. The van der Waals surface area contributed by atoms with E-state index in [1.165, 1.54) is 18.2 Å².